The zero-order valence-electron chi connectivity index (χ0n) is 10.0. The minimum Gasteiger partial charge on any atom is -0.288 e. The standard InChI is InChI=1S/C16H10ClNO/c17-15-8-4-5-12(10-15)9-14(11-18)16(19)13-6-2-1-3-7-13/h1-10H/b14-9-. The fourth-order valence-electron chi connectivity index (χ4n) is 1.66. The van der Waals surface area contributed by atoms with Crippen LogP contribution in [0.4, 0.5) is 0 Å². The van der Waals surface area contributed by atoms with Crippen molar-refractivity contribution in [2.75, 3.05) is 0 Å². The van der Waals surface area contributed by atoms with Crippen LogP contribution in [0.5, 0.6) is 0 Å². The number of nitriles is 1. The highest BCUT2D eigenvalue weighted by Crippen LogP contribution is 2.16. The highest BCUT2D eigenvalue weighted by Gasteiger charge is 2.11. The average Bonchev–Trinajstić information content (AvgIpc) is 2.45. The number of benzene rings is 2. The topological polar surface area (TPSA) is 40.9 Å². The van der Waals surface area contributed by atoms with Crippen LogP contribution in [0.1, 0.15) is 15.9 Å². The van der Waals surface area contributed by atoms with E-state index in [4.69, 9.17) is 16.9 Å². The number of carbonyl (C=O) groups excluding carboxylic acids is 1. The summed E-state index contributed by atoms with van der Waals surface area (Å²) in [7, 11) is 0. The van der Waals surface area contributed by atoms with Crippen molar-refractivity contribution >= 4 is 23.5 Å². The summed E-state index contributed by atoms with van der Waals surface area (Å²) in [5, 5.41) is 9.68. The molecule has 0 N–H and O–H groups in total. The summed E-state index contributed by atoms with van der Waals surface area (Å²) in [4.78, 5) is 12.1. The number of hydrogen-bond donors (Lipinski definition) is 0. The van der Waals surface area contributed by atoms with Crippen molar-refractivity contribution in [2.24, 2.45) is 0 Å². The van der Waals surface area contributed by atoms with Crippen LogP contribution in [0.3, 0.4) is 0 Å². The van der Waals surface area contributed by atoms with Gasteiger partial charge in [-0.25, -0.2) is 0 Å². The molecule has 0 aliphatic rings. The number of hydrogen-bond acceptors (Lipinski definition) is 2. The van der Waals surface area contributed by atoms with Crippen molar-refractivity contribution in [2.45, 2.75) is 0 Å². The molecule has 2 aromatic carbocycles. The van der Waals surface area contributed by atoms with Crippen LogP contribution in [-0.4, -0.2) is 5.78 Å². The zero-order valence-corrected chi connectivity index (χ0v) is 10.8. The van der Waals surface area contributed by atoms with E-state index >= 15 is 0 Å². The van der Waals surface area contributed by atoms with Crippen molar-refractivity contribution in [1.82, 2.24) is 0 Å². The Morgan fingerprint density at radius 1 is 1.11 bits per heavy atom. The predicted octanol–water partition coefficient (Wildman–Crippen LogP) is 4.13. The highest BCUT2D eigenvalue weighted by atomic mass is 35.5. The van der Waals surface area contributed by atoms with Crippen LogP contribution < -0.4 is 0 Å². The van der Waals surface area contributed by atoms with Crippen LogP contribution in [0.25, 0.3) is 6.08 Å². The Kier molecular flexibility index (Phi) is 4.12. The van der Waals surface area contributed by atoms with Crippen LogP contribution in [0.15, 0.2) is 60.2 Å². The van der Waals surface area contributed by atoms with Crippen molar-refractivity contribution in [3.63, 3.8) is 0 Å². The van der Waals surface area contributed by atoms with Gasteiger partial charge in [-0.3, -0.25) is 4.79 Å². The van der Waals surface area contributed by atoms with Crippen LogP contribution >= 0.6 is 11.6 Å². The highest BCUT2D eigenvalue weighted by molar-refractivity contribution is 6.30. The van der Waals surface area contributed by atoms with E-state index in [0.29, 0.717) is 10.6 Å². The number of ketones is 1. The first-order chi connectivity index (χ1) is 9.20. The van der Waals surface area contributed by atoms with E-state index in [2.05, 4.69) is 0 Å². The number of halogens is 1. The number of rotatable bonds is 3. The molecule has 0 saturated heterocycles. The second-order valence-corrected chi connectivity index (χ2v) is 4.36. The first-order valence-corrected chi connectivity index (χ1v) is 6.05. The summed E-state index contributed by atoms with van der Waals surface area (Å²) in [5.74, 6) is -0.289. The third kappa shape index (κ3) is 3.31. The van der Waals surface area contributed by atoms with E-state index in [1.807, 2.05) is 12.1 Å². The summed E-state index contributed by atoms with van der Waals surface area (Å²) < 4.78 is 0. The first kappa shape index (κ1) is 13.1. The Morgan fingerprint density at radius 2 is 1.84 bits per heavy atom. The molecule has 92 valence electrons. The molecule has 0 amide bonds. The lowest BCUT2D eigenvalue weighted by Crippen LogP contribution is -2.01. The van der Waals surface area contributed by atoms with Gasteiger partial charge in [-0.2, -0.15) is 5.26 Å². The number of Topliss-reactive ketones (excluding diaryl/α,β-unsaturated/α-hetero) is 1. The van der Waals surface area contributed by atoms with E-state index in [0.717, 1.165) is 5.56 Å². The predicted molar refractivity (Wildman–Crippen MR) is 75.8 cm³/mol. The quantitative estimate of drug-likeness (QED) is 0.477. The summed E-state index contributed by atoms with van der Waals surface area (Å²) in [5.41, 5.74) is 1.32. The smallest absolute Gasteiger partial charge is 0.203 e. The van der Waals surface area contributed by atoms with Gasteiger partial charge in [-0.15, -0.1) is 0 Å². The number of carbonyl (C=O) groups is 1. The van der Waals surface area contributed by atoms with Crippen molar-refractivity contribution in [3.8, 4) is 6.07 Å². The maximum Gasteiger partial charge on any atom is 0.203 e. The van der Waals surface area contributed by atoms with Gasteiger partial charge in [0.05, 0.1) is 0 Å². The van der Waals surface area contributed by atoms with E-state index in [9.17, 15) is 4.79 Å². The van der Waals surface area contributed by atoms with Gasteiger partial charge in [0.15, 0.2) is 0 Å². The molecule has 19 heavy (non-hydrogen) atoms. The maximum atomic E-state index is 12.1. The monoisotopic (exact) mass is 267 g/mol. The van der Waals surface area contributed by atoms with Gasteiger partial charge >= 0.3 is 0 Å². The Morgan fingerprint density at radius 3 is 2.47 bits per heavy atom. The lowest BCUT2D eigenvalue weighted by molar-refractivity contribution is 0.104. The molecule has 2 nitrogen and oxygen atoms in total. The average molecular weight is 268 g/mol. The van der Waals surface area contributed by atoms with E-state index < -0.39 is 0 Å². The van der Waals surface area contributed by atoms with E-state index in [-0.39, 0.29) is 11.4 Å². The molecule has 0 heterocycles. The Bertz CT molecular complexity index is 669. The third-order valence-corrected chi connectivity index (χ3v) is 2.80. The molecule has 0 saturated carbocycles. The third-order valence-electron chi connectivity index (χ3n) is 2.56. The molecular formula is C16H10ClNO. The Labute approximate surface area is 116 Å². The molecule has 0 spiro atoms. The molecule has 0 aliphatic carbocycles. The van der Waals surface area contributed by atoms with Crippen LogP contribution in [0.2, 0.25) is 5.02 Å². The molecule has 3 heteroatoms. The molecule has 2 rings (SSSR count). The van der Waals surface area contributed by atoms with Gasteiger partial charge in [-0.1, -0.05) is 54.1 Å². The largest absolute Gasteiger partial charge is 0.288 e. The van der Waals surface area contributed by atoms with Gasteiger partial charge in [0.25, 0.3) is 0 Å². The zero-order chi connectivity index (χ0) is 13.7. The SMILES string of the molecule is N#C/C(=C/c1cccc(Cl)c1)C(=O)c1ccccc1. The second kappa shape index (κ2) is 5.99. The van der Waals surface area contributed by atoms with Gasteiger partial charge < -0.3 is 0 Å². The molecule has 0 aromatic heterocycles. The molecular weight excluding hydrogens is 258 g/mol. The Balaban J connectivity index is 2.36. The Hall–Kier alpha value is -2.37. The number of allylic oxidation sites excluding steroid dienone is 1. The fourth-order valence-corrected chi connectivity index (χ4v) is 1.86. The van der Waals surface area contributed by atoms with E-state index in [1.54, 1.807) is 54.6 Å². The maximum absolute atomic E-state index is 12.1. The van der Waals surface area contributed by atoms with Gasteiger partial charge in [0.2, 0.25) is 5.78 Å². The first-order valence-electron chi connectivity index (χ1n) is 5.68. The van der Waals surface area contributed by atoms with E-state index in [1.165, 1.54) is 0 Å². The van der Waals surface area contributed by atoms with Gasteiger partial charge in [0.1, 0.15) is 11.6 Å². The molecule has 0 aliphatic heterocycles. The lowest BCUT2D eigenvalue weighted by atomic mass is 10.0. The molecule has 0 unspecified atom stereocenters. The van der Waals surface area contributed by atoms with Gasteiger partial charge in [-0.05, 0) is 23.8 Å². The second-order valence-electron chi connectivity index (χ2n) is 3.92. The minimum absolute atomic E-state index is 0.0912. The number of nitrogens with zero attached hydrogens (tertiary/aromatic N) is 1. The minimum atomic E-state index is -0.289. The molecule has 0 bridgehead atoms. The molecule has 0 radical (unpaired) electrons. The normalized spacial score (nSPS) is 10.8. The summed E-state index contributed by atoms with van der Waals surface area (Å²) in [6, 6.07) is 17.7. The summed E-state index contributed by atoms with van der Waals surface area (Å²) in [6.45, 7) is 0. The fraction of sp³-hybridized carbons (Fsp3) is 0. The van der Waals surface area contributed by atoms with Crippen LogP contribution in [-0.2, 0) is 0 Å². The van der Waals surface area contributed by atoms with Crippen LogP contribution in [0, 0.1) is 11.3 Å². The molecule has 0 fully saturated rings. The summed E-state index contributed by atoms with van der Waals surface area (Å²) in [6.07, 6.45) is 1.54. The van der Waals surface area contributed by atoms with Crippen molar-refractivity contribution in [1.29, 1.82) is 5.26 Å². The molecule has 2 aromatic rings. The summed E-state index contributed by atoms with van der Waals surface area (Å²) >= 11 is 5.87. The lowest BCUT2D eigenvalue weighted by Gasteiger charge is -2.00. The van der Waals surface area contributed by atoms with Gasteiger partial charge in [0, 0.05) is 10.6 Å². The van der Waals surface area contributed by atoms with Crippen molar-refractivity contribution in [3.05, 3.63) is 76.3 Å². The molecule has 0 atom stereocenters. The van der Waals surface area contributed by atoms with Crippen molar-refractivity contribution < 1.29 is 4.79 Å².